The first-order valence-electron chi connectivity index (χ1n) is 4.13. The summed E-state index contributed by atoms with van der Waals surface area (Å²) in [6.45, 7) is 0.463. The molecule has 70 valence electrons. The van der Waals surface area contributed by atoms with E-state index in [0.717, 1.165) is 5.56 Å². The Kier molecular flexibility index (Phi) is 2.03. The second-order valence-corrected chi connectivity index (χ2v) is 3.09. The smallest absolute Gasteiger partial charge is 0.309 e. The third kappa shape index (κ3) is 1.43. The number of H-pyrrole nitrogens is 1. The van der Waals surface area contributed by atoms with Crippen LogP contribution in [-0.2, 0) is 4.79 Å². The van der Waals surface area contributed by atoms with Crippen LogP contribution in [0.1, 0.15) is 11.6 Å². The summed E-state index contributed by atoms with van der Waals surface area (Å²) in [6, 6.07) is 1.74. The van der Waals surface area contributed by atoms with E-state index in [1.165, 1.54) is 0 Å². The number of aromatic nitrogens is 1. The van der Waals surface area contributed by atoms with Crippen molar-refractivity contribution in [3.8, 4) is 0 Å². The van der Waals surface area contributed by atoms with Crippen molar-refractivity contribution in [1.82, 2.24) is 15.8 Å². The summed E-state index contributed by atoms with van der Waals surface area (Å²) in [5.74, 6) is -1.17. The number of carbonyl (C=O) groups is 1. The highest BCUT2D eigenvalue weighted by molar-refractivity contribution is 5.72. The third-order valence-electron chi connectivity index (χ3n) is 2.28. The molecule has 2 rings (SSSR count). The van der Waals surface area contributed by atoms with E-state index in [9.17, 15) is 4.79 Å². The van der Waals surface area contributed by atoms with Crippen molar-refractivity contribution in [2.75, 3.05) is 6.54 Å². The summed E-state index contributed by atoms with van der Waals surface area (Å²) < 4.78 is 0. The zero-order valence-corrected chi connectivity index (χ0v) is 6.95. The maximum Gasteiger partial charge on any atom is 0.309 e. The Labute approximate surface area is 75.1 Å². The van der Waals surface area contributed by atoms with Gasteiger partial charge in [-0.25, -0.2) is 5.43 Å². The van der Waals surface area contributed by atoms with Gasteiger partial charge in [0.2, 0.25) is 0 Å². The fourth-order valence-electron chi connectivity index (χ4n) is 1.57. The predicted octanol–water partition coefficient (Wildman–Crippen LogP) is -0.136. The molecule has 0 bridgehead atoms. The number of hydrogen-bond acceptors (Lipinski definition) is 3. The van der Waals surface area contributed by atoms with Gasteiger partial charge in [0.05, 0.1) is 12.0 Å². The van der Waals surface area contributed by atoms with Crippen molar-refractivity contribution in [3.05, 3.63) is 24.0 Å². The molecule has 0 aromatic carbocycles. The first-order valence-corrected chi connectivity index (χ1v) is 4.13. The molecule has 5 nitrogen and oxygen atoms in total. The number of hydrogen-bond donors (Lipinski definition) is 4. The average molecular weight is 181 g/mol. The maximum atomic E-state index is 10.8. The van der Waals surface area contributed by atoms with Crippen LogP contribution in [0.3, 0.4) is 0 Å². The maximum absolute atomic E-state index is 10.8. The van der Waals surface area contributed by atoms with Gasteiger partial charge < -0.3 is 10.1 Å². The van der Waals surface area contributed by atoms with E-state index in [2.05, 4.69) is 15.8 Å². The van der Waals surface area contributed by atoms with Crippen LogP contribution in [0.25, 0.3) is 0 Å². The lowest BCUT2D eigenvalue weighted by Crippen LogP contribution is -2.25. The van der Waals surface area contributed by atoms with E-state index >= 15 is 0 Å². The van der Waals surface area contributed by atoms with Crippen molar-refractivity contribution in [2.45, 2.75) is 6.04 Å². The summed E-state index contributed by atoms with van der Waals surface area (Å²) >= 11 is 0. The zero-order chi connectivity index (χ0) is 9.26. The fraction of sp³-hybridized carbons (Fsp3) is 0.375. The Morgan fingerprint density at radius 3 is 3.08 bits per heavy atom. The van der Waals surface area contributed by atoms with E-state index in [4.69, 9.17) is 5.11 Å². The van der Waals surface area contributed by atoms with Crippen LogP contribution in [0.15, 0.2) is 18.5 Å². The summed E-state index contributed by atoms with van der Waals surface area (Å²) in [5, 5.41) is 8.89. The SMILES string of the molecule is O=C(O)C1CNNC1c1cc[nH]c1. The van der Waals surface area contributed by atoms with Crippen LogP contribution in [-0.4, -0.2) is 22.6 Å². The summed E-state index contributed by atoms with van der Waals surface area (Å²) in [5.41, 5.74) is 6.76. The first-order chi connectivity index (χ1) is 6.29. The Balaban J connectivity index is 2.19. The van der Waals surface area contributed by atoms with Crippen LogP contribution < -0.4 is 10.9 Å². The van der Waals surface area contributed by atoms with E-state index in [1.807, 2.05) is 6.07 Å². The van der Waals surface area contributed by atoms with Gasteiger partial charge in [-0.2, -0.15) is 0 Å². The lowest BCUT2D eigenvalue weighted by molar-refractivity contribution is -0.141. The predicted molar refractivity (Wildman–Crippen MR) is 45.8 cm³/mol. The highest BCUT2D eigenvalue weighted by atomic mass is 16.4. The molecule has 0 aliphatic carbocycles. The topological polar surface area (TPSA) is 77.2 Å². The van der Waals surface area contributed by atoms with Gasteiger partial charge in [0.1, 0.15) is 0 Å². The minimum absolute atomic E-state index is 0.135. The van der Waals surface area contributed by atoms with Crippen LogP contribution >= 0.6 is 0 Å². The molecule has 0 spiro atoms. The molecule has 13 heavy (non-hydrogen) atoms. The second kappa shape index (κ2) is 3.20. The minimum atomic E-state index is -0.774. The first kappa shape index (κ1) is 8.28. The molecule has 2 heterocycles. The molecule has 1 fully saturated rings. The van der Waals surface area contributed by atoms with Gasteiger partial charge >= 0.3 is 5.97 Å². The Bertz CT molecular complexity index is 296. The molecule has 2 atom stereocenters. The Morgan fingerprint density at radius 2 is 2.46 bits per heavy atom. The van der Waals surface area contributed by atoms with Gasteiger partial charge in [0, 0.05) is 18.9 Å². The van der Waals surface area contributed by atoms with E-state index < -0.39 is 11.9 Å². The minimum Gasteiger partial charge on any atom is -0.481 e. The van der Waals surface area contributed by atoms with Crippen molar-refractivity contribution in [3.63, 3.8) is 0 Å². The molecular formula is C8H11N3O2. The molecule has 1 saturated heterocycles. The molecule has 1 aromatic rings. The molecule has 1 aliphatic rings. The molecule has 1 aliphatic heterocycles. The monoisotopic (exact) mass is 181 g/mol. The van der Waals surface area contributed by atoms with E-state index in [0.29, 0.717) is 6.54 Å². The molecule has 0 radical (unpaired) electrons. The van der Waals surface area contributed by atoms with Crippen LogP contribution in [0.5, 0.6) is 0 Å². The number of nitrogens with one attached hydrogen (secondary N) is 3. The van der Waals surface area contributed by atoms with Crippen LogP contribution in [0, 0.1) is 5.92 Å². The van der Waals surface area contributed by atoms with Gasteiger partial charge in [-0.05, 0) is 11.6 Å². The normalized spacial score (nSPS) is 27.7. The Morgan fingerprint density at radius 1 is 1.62 bits per heavy atom. The van der Waals surface area contributed by atoms with E-state index in [-0.39, 0.29) is 6.04 Å². The molecule has 1 aromatic heterocycles. The molecule has 5 heteroatoms. The highest BCUT2D eigenvalue weighted by Gasteiger charge is 2.33. The second-order valence-electron chi connectivity index (χ2n) is 3.09. The summed E-state index contributed by atoms with van der Waals surface area (Å²) in [4.78, 5) is 13.7. The van der Waals surface area contributed by atoms with Crippen molar-refractivity contribution < 1.29 is 9.90 Å². The third-order valence-corrected chi connectivity index (χ3v) is 2.28. The molecule has 4 N–H and O–H groups in total. The summed E-state index contributed by atoms with van der Waals surface area (Å²) in [7, 11) is 0. The lowest BCUT2D eigenvalue weighted by Gasteiger charge is -2.12. The van der Waals surface area contributed by atoms with E-state index in [1.54, 1.807) is 12.4 Å². The number of aliphatic carboxylic acids is 1. The number of carboxylic acid groups (broad SMARTS) is 1. The van der Waals surface area contributed by atoms with Crippen molar-refractivity contribution in [1.29, 1.82) is 0 Å². The van der Waals surface area contributed by atoms with Gasteiger partial charge in [-0.1, -0.05) is 0 Å². The highest BCUT2D eigenvalue weighted by Crippen LogP contribution is 2.24. The number of carboxylic acids is 1. The zero-order valence-electron chi connectivity index (χ0n) is 6.95. The quantitative estimate of drug-likeness (QED) is 0.512. The standard InChI is InChI=1S/C8H11N3O2/c12-8(13)6-4-10-11-7(6)5-1-2-9-3-5/h1-3,6-7,9-11H,4H2,(H,12,13). The fourth-order valence-corrected chi connectivity index (χ4v) is 1.57. The van der Waals surface area contributed by atoms with Gasteiger partial charge in [-0.15, -0.1) is 0 Å². The van der Waals surface area contributed by atoms with Crippen LogP contribution in [0.2, 0.25) is 0 Å². The van der Waals surface area contributed by atoms with Crippen LogP contribution in [0.4, 0.5) is 0 Å². The largest absolute Gasteiger partial charge is 0.481 e. The van der Waals surface area contributed by atoms with Gasteiger partial charge in [-0.3, -0.25) is 10.2 Å². The molecule has 0 saturated carbocycles. The average Bonchev–Trinajstić information content (AvgIpc) is 2.74. The molecular weight excluding hydrogens is 170 g/mol. The van der Waals surface area contributed by atoms with Crippen molar-refractivity contribution >= 4 is 5.97 Å². The van der Waals surface area contributed by atoms with Gasteiger partial charge in [0.15, 0.2) is 0 Å². The van der Waals surface area contributed by atoms with Crippen molar-refractivity contribution in [2.24, 2.45) is 5.92 Å². The Hall–Kier alpha value is -1.33. The number of rotatable bonds is 2. The lowest BCUT2D eigenvalue weighted by atomic mass is 9.97. The molecule has 2 unspecified atom stereocenters. The summed E-state index contributed by atoms with van der Waals surface area (Å²) in [6.07, 6.45) is 3.59. The number of hydrazine groups is 1. The molecule has 0 amide bonds. The number of aromatic amines is 1. The van der Waals surface area contributed by atoms with Gasteiger partial charge in [0.25, 0.3) is 0 Å².